The molecule has 1 rings (SSSR count). The monoisotopic (exact) mass is 271 g/mol. The lowest BCUT2D eigenvalue weighted by atomic mass is 10.4. The molecule has 0 aliphatic carbocycles. The number of ether oxygens (including phenoxy) is 2. The smallest absolute Gasteiger partial charge is 0.448 e. The van der Waals surface area contributed by atoms with Crippen LogP contribution in [0.1, 0.15) is 39.5 Å². The van der Waals surface area contributed by atoms with Gasteiger partial charge in [-0.05, 0) is 12.8 Å². The summed E-state index contributed by atoms with van der Waals surface area (Å²) in [5.74, 6) is 0. The van der Waals surface area contributed by atoms with Crippen LogP contribution in [0.2, 0.25) is 0 Å². The number of hydrogen-bond donors (Lipinski definition) is 1. The zero-order valence-electron chi connectivity index (χ0n) is 11.4. The molecule has 0 spiro atoms. The third kappa shape index (κ3) is 4.69. The highest BCUT2D eigenvalue weighted by atomic mass is 16.6. The zero-order chi connectivity index (χ0) is 14.1. The van der Waals surface area contributed by atoms with E-state index in [1.54, 1.807) is 0 Å². The first-order valence-electron chi connectivity index (χ1n) is 6.56. The van der Waals surface area contributed by atoms with Gasteiger partial charge in [-0.1, -0.05) is 26.7 Å². The number of amides is 2. The summed E-state index contributed by atoms with van der Waals surface area (Å²) in [6.45, 7) is 4.66. The molecule has 0 aromatic heterocycles. The van der Waals surface area contributed by atoms with E-state index in [9.17, 15) is 9.59 Å². The summed E-state index contributed by atoms with van der Waals surface area (Å²) in [5.41, 5.74) is 2.61. The Morgan fingerprint density at radius 3 is 2.21 bits per heavy atom. The number of nitrogens with one attached hydrogen (secondary N) is 1. The first kappa shape index (κ1) is 15.1. The lowest BCUT2D eigenvalue weighted by Gasteiger charge is -2.24. The second-order valence-corrected chi connectivity index (χ2v) is 4.04. The molecule has 7 heteroatoms. The molecule has 0 bridgehead atoms. The Kier molecular flexibility index (Phi) is 6.56. The molecule has 0 radical (unpaired) electrons. The Bertz CT molecular complexity index is 333. The summed E-state index contributed by atoms with van der Waals surface area (Å²) in [6, 6.07) is 0. The molecule has 108 valence electrons. The summed E-state index contributed by atoms with van der Waals surface area (Å²) in [7, 11) is 0. The van der Waals surface area contributed by atoms with Crippen LogP contribution in [0, 0.1) is 0 Å². The van der Waals surface area contributed by atoms with Crippen LogP contribution >= 0.6 is 0 Å². The van der Waals surface area contributed by atoms with E-state index in [-0.39, 0.29) is 0 Å². The van der Waals surface area contributed by atoms with Crippen molar-refractivity contribution >= 4 is 12.2 Å². The molecule has 1 heterocycles. The maximum atomic E-state index is 11.7. The van der Waals surface area contributed by atoms with Crippen molar-refractivity contribution in [3.63, 3.8) is 0 Å². The largest absolute Gasteiger partial charge is 0.449 e. The van der Waals surface area contributed by atoms with Gasteiger partial charge in [-0.2, -0.15) is 5.01 Å². The molecule has 7 nitrogen and oxygen atoms in total. The van der Waals surface area contributed by atoms with Crippen molar-refractivity contribution in [2.45, 2.75) is 39.5 Å². The first-order chi connectivity index (χ1) is 9.20. The van der Waals surface area contributed by atoms with Gasteiger partial charge in [0.2, 0.25) is 0 Å². The van der Waals surface area contributed by atoms with E-state index in [1.807, 2.05) is 13.8 Å². The molecule has 1 aliphatic rings. The van der Waals surface area contributed by atoms with E-state index in [0.717, 1.165) is 35.8 Å². The van der Waals surface area contributed by atoms with Gasteiger partial charge in [0.25, 0.3) is 0 Å². The highest BCUT2D eigenvalue weighted by Gasteiger charge is 2.29. The summed E-state index contributed by atoms with van der Waals surface area (Å²) < 4.78 is 10.0. The molecule has 2 amide bonds. The van der Waals surface area contributed by atoms with Crippen LogP contribution in [0.5, 0.6) is 0 Å². The molecule has 0 atom stereocenters. The van der Waals surface area contributed by atoms with E-state index in [0.29, 0.717) is 13.2 Å². The van der Waals surface area contributed by atoms with Gasteiger partial charge in [-0.3, -0.25) is 5.43 Å². The molecule has 0 saturated carbocycles. The van der Waals surface area contributed by atoms with Crippen molar-refractivity contribution < 1.29 is 19.1 Å². The molecular weight excluding hydrogens is 250 g/mol. The minimum Gasteiger partial charge on any atom is -0.448 e. The maximum Gasteiger partial charge on any atom is 0.449 e. The van der Waals surface area contributed by atoms with Gasteiger partial charge in [0.15, 0.2) is 0 Å². The number of unbranched alkanes of at least 4 members (excludes halogenated alkanes) is 2. The Balaban J connectivity index is 2.41. The number of nitrogens with zero attached hydrogens (tertiary/aromatic N) is 2. The molecule has 0 unspecified atom stereocenters. The fourth-order valence-electron chi connectivity index (χ4n) is 1.32. The highest BCUT2D eigenvalue weighted by molar-refractivity contribution is 5.75. The predicted octanol–water partition coefficient (Wildman–Crippen LogP) is 2.37. The zero-order valence-corrected chi connectivity index (χ0v) is 11.4. The fraction of sp³-hybridized carbons (Fsp3) is 0.667. The number of carbonyl (C=O) groups is 2. The third-order valence-electron chi connectivity index (χ3n) is 2.43. The Morgan fingerprint density at radius 1 is 1.05 bits per heavy atom. The summed E-state index contributed by atoms with van der Waals surface area (Å²) >= 11 is 0. The molecular formula is C12H21N3O4. The topological polar surface area (TPSA) is 71.1 Å². The minimum atomic E-state index is -0.633. The second kappa shape index (κ2) is 8.23. The van der Waals surface area contributed by atoms with Crippen LogP contribution in [0.25, 0.3) is 0 Å². The molecule has 0 aromatic carbocycles. The van der Waals surface area contributed by atoms with E-state index < -0.39 is 12.2 Å². The summed E-state index contributed by atoms with van der Waals surface area (Å²) in [6.07, 6.45) is 5.07. The number of rotatable bonds is 6. The molecule has 0 fully saturated rings. The summed E-state index contributed by atoms with van der Waals surface area (Å²) in [4.78, 5) is 23.4. The third-order valence-corrected chi connectivity index (χ3v) is 2.43. The van der Waals surface area contributed by atoms with Crippen LogP contribution in [-0.4, -0.2) is 35.5 Å². The van der Waals surface area contributed by atoms with Crippen LogP contribution in [-0.2, 0) is 9.47 Å². The van der Waals surface area contributed by atoms with Crippen LogP contribution < -0.4 is 5.43 Å². The number of hydrazine groups is 2. The van der Waals surface area contributed by atoms with E-state index in [2.05, 4.69) is 5.43 Å². The van der Waals surface area contributed by atoms with Crippen molar-refractivity contribution in [1.29, 1.82) is 0 Å². The van der Waals surface area contributed by atoms with E-state index in [4.69, 9.17) is 9.47 Å². The normalized spacial score (nSPS) is 13.4. The van der Waals surface area contributed by atoms with Gasteiger partial charge in [0, 0.05) is 6.20 Å². The molecule has 0 aromatic rings. The number of carbonyl (C=O) groups excluding carboxylic acids is 2. The Labute approximate surface area is 113 Å². The van der Waals surface area contributed by atoms with E-state index >= 15 is 0 Å². The highest BCUT2D eigenvalue weighted by Crippen LogP contribution is 2.08. The predicted molar refractivity (Wildman–Crippen MR) is 68.5 cm³/mol. The molecule has 1 N–H and O–H groups in total. The second-order valence-electron chi connectivity index (χ2n) is 4.04. The van der Waals surface area contributed by atoms with Crippen LogP contribution in [0.4, 0.5) is 9.59 Å². The van der Waals surface area contributed by atoms with Gasteiger partial charge in [-0.25, -0.2) is 9.59 Å². The summed E-state index contributed by atoms with van der Waals surface area (Å²) in [5, 5.41) is 2.02. The van der Waals surface area contributed by atoms with Crippen molar-refractivity contribution in [2.24, 2.45) is 0 Å². The van der Waals surface area contributed by atoms with Crippen molar-refractivity contribution in [2.75, 3.05) is 13.2 Å². The van der Waals surface area contributed by atoms with Gasteiger partial charge in [-0.15, -0.1) is 5.12 Å². The van der Waals surface area contributed by atoms with Gasteiger partial charge in [0.05, 0.1) is 19.4 Å². The van der Waals surface area contributed by atoms with Crippen LogP contribution in [0.3, 0.4) is 0 Å². The quantitative estimate of drug-likeness (QED) is 0.751. The van der Waals surface area contributed by atoms with Crippen molar-refractivity contribution in [3.05, 3.63) is 12.4 Å². The maximum absolute atomic E-state index is 11.7. The minimum absolute atomic E-state index is 0.326. The lowest BCUT2D eigenvalue weighted by Crippen LogP contribution is -2.49. The van der Waals surface area contributed by atoms with Gasteiger partial charge in [0.1, 0.15) is 0 Å². The number of hydrogen-bond acceptors (Lipinski definition) is 5. The average molecular weight is 271 g/mol. The molecule has 1 aliphatic heterocycles. The SMILES string of the molecule is CCCCOC(=O)N1C=CNN1C(=O)OCCCC. The Morgan fingerprint density at radius 2 is 1.63 bits per heavy atom. The first-order valence-corrected chi connectivity index (χ1v) is 6.56. The van der Waals surface area contributed by atoms with Crippen molar-refractivity contribution in [1.82, 2.24) is 15.6 Å². The van der Waals surface area contributed by atoms with Gasteiger partial charge < -0.3 is 9.47 Å². The Hall–Kier alpha value is -1.92. The molecule has 0 saturated heterocycles. The van der Waals surface area contributed by atoms with E-state index in [1.165, 1.54) is 12.4 Å². The lowest BCUT2D eigenvalue weighted by molar-refractivity contribution is -0.00438. The average Bonchev–Trinajstić information content (AvgIpc) is 2.88. The molecule has 19 heavy (non-hydrogen) atoms. The van der Waals surface area contributed by atoms with Crippen molar-refractivity contribution in [3.8, 4) is 0 Å². The fourth-order valence-corrected chi connectivity index (χ4v) is 1.32. The standard InChI is InChI=1S/C12H21N3O4/c1-3-5-9-18-11(16)14-8-7-13-15(14)12(17)19-10-6-4-2/h7-8,13H,3-6,9-10H2,1-2H3. The van der Waals surface area contributed by atoms with Crippen LogP contribution in [0.15, 0.2) is 12.4 Å². The van der Waals surface area contributed by atoms with Gasteiger partial charge >= 0.3 is 12.2 Å².